The maximum Gasteiger partial charge on any atom is 0.335 e. The summed E-state index contributed by atoms with van der Waals surface area (Å²) in [5.41, 5.74) is 1.95. The van der Waals surface area contributed by atoms with E-state index in [9.17, 15) is 9.59 Å². The fourth-order valence-electron chi connectivity index (χ4n) is 2.00. The van der Waals surface area contributed by atoms with E-state index in [2.05, 4.69) is 5.32 Å². The molecule has 2 rings (SSSR count). The number of methoxy groups -OCH3 is 1. The van der Waals surface area contributed by atoms with Crippen LogP contribution in [0.5, 0.6) is 5.75 Å². The molecule has 0 unspecified atom stereocenters. The van der Waals surface area contributed by atoms with Crippen molar-refractivity contribution in [2.24, 2.45) is 0 Å². The Balaban J connectivity index is 1.88. The van der Waals surface area contributed by atoms with Crippen LogP contribution in [-0.2, 0) is 17.8 Å². The molecule has 0 radical (unpaired) electrons. The molecule has 0 bridgehead atoms. The lowest BCUT2D eigenvalue weighted by Crippen LogP contribution is -2.24. The molecular formula is C17H17NO4. The normalized spacial score (nSPS) is 10.0. The lowest BCUT2D eigenvalue weighted by Gasteiger charge is -2.07. The highest BCUT2D eigenvalue weighted by atomic mass is 16.5. The largest absolute Gasteiger partial charge is 0.497 e. The van der Waals surface area contributed by atoms with Gasteiger partial charge >= 0.3 is 5.97 Å². The molecule has 0 aromatic heterocycles. The van der Waals surface area contributed by atoms with Gasteiger partial charge in [-0.2, -0.15) is 0 Å². The Morgan fingerprint density at radius 2 is 1.82 bits per heavy atom. The van der Waals surface area contributed by atoms with Gasteiger partial charge in [0.25, 0.3) is 0 Å². The van der Waals surface area contributed by atoms with Gasteiger partial charge in [0, 0.05) is 6.54 Å². The maximum atomic E-state index is 11.9. The van der Waals surface area contributed by atoms with Gasteiger partial charge in [0.2, 0.25) is 5.91 Å². The number of benzene rings is 2. The van der Waals surface area contributed by atoms with E-state index in [0.29, 0.717) is 6.54 Å². The van der Waals surface area contributed by atoms with Crippen molar-refractivity contribution in [2.45, 2.75) is 13.0 Å². The van der Waals surface area contributed by atoms with E-state index in [4.69, 9.17) is 9.84 Å². The number of hydrogen-bond acceptors (Lipinski definition) is 3. The minimum atomic E-state index is -0.964. The SMILES string of the molecule is COc1cccc(CC(=O)NCc2ccc(C(=O)O)cc2)c1. The molecule has 114 valence electrons. The molecule has 22 heavy (non-hydrogen) atoms. The van der Waals surface area contributed by atoms with Crippen molar-refractivity contribution in [3.05, 3.63) is 65.2 Å². The van der Waals surface area contributed by atoms with E-state index in [0.717, 1.165) is 16.9 Å². The van der Waals surface area contributed by atoms with Gasteiger partial charge < -0.3 is 15.2 Å². The number of carbonyl (C=O) groups excluding carboxylic acids is 1. The fraction of sp³-hybridized carbons (Fsp3) is 0.176. The van der Waals surface area contributed by atoms with E-state index in [-0.39, 0.29) is 17.9 Å². The number of amides is 1. The topological polar surface area (TPSA) is 75.6 Å². The number of nitrogens with one attached hydrogen (secondary N) is 1. The first kappa shape index (κ1) is 15.6. The van der Waals surface area contributed by atoms with Crippen LogP contribution in [0, 0.1) is 0 Å². The lowest BCUT2D eigenvalue weighted by atomic mass is 10.1. The average molecular weight is 299 g/mol. The zero-order valence-electron chi connectivity index (χ0n) is 12.2. The summed E-state index contributed by atoms with van der Waals surface area (Å²) in [4.78, 5) is 22.7. The Bertz CT molecular complexity index is 665. The first-order chi connectivity index (χ1) is 10.6. The maximum absolute atomic E-state index is 11.9. The van der Waals surface area contributed by atoms with Crippen LogP contribution in [0.15, 0.2) is 48.5 Å². The number of hydrogen-bond donors (Lipinski definition) is 2. The monoisotopic (exact) mass is 299 g/mol. The summed E-state index contributed by atoms with van der Waals surface area (Å²) >= 11 is 0. The minimum absolute atomic E-state index is 0.101. The van der Waals surface area contributed by atoms with Crippen molar-refractivity contribution in [3.63, 3.8) is 0 Å². The minimum Gasteiger partial charge on any atom is -0.497 e. The quantitative estimate of drug-likeness (QED) is 0.858. The Hall–Kier alpha value is -2.82. The van der Waals surface area contributed by atoms with E-state index < -0.39 is 5.97 Å². The smallest absolute Gasteiger partial charge is 0.335 e. The van der Waals surface area contributed by atoms with Crippen LogP contribution in [-0.4, -0.2) is 24.1 Å². The molecule has 0 aliphatic carbocycles. The Labute approximate surface area is 128 Å². The molecule has 2 aromatic carbocycles. The molecule has 0 saturated carbocycles. The van der Waals surface area contributed by atoms with Gasteiger partial charge in [-0.05, 0) is 35.4 Å². The van der Waals surface area contributed by atoms with Crippen molar-refractivity contribution in [1.82, 2.24) is 5.32 Å². The molecule has 0 fully saturated rings. The predicted molar refractivity (Wildman–Crippen MR) is 81.9 cm³/mol. The summed E-state index contributed by atoms with van der Waals surface area (Å²) < 4.78 is 5.12. The van der Waals surface area contributed by atoms with Gasteiger partial charge in [-0.1, -0.05) is 24.3 Å². The second-order valence-electron chi connectivity index (χ2n) is 4.81. The van der Waals surface area contributed by atoms with Gasteiger partial charge in [0.15, 0.2) is 0 Å². The van der Waals surface area contributed by atoms with Crippen LogP contribution in [0.3, 0.4) is 0 Å². The highest BCUT2D eigenvalue weighted by Gasteiger charge is 2.05. The molecule has 0 heterocycles. The van der Waals surface area contributed by atoms with E-state index in [1.54, 1.807) is 19.2 Å². The van der Waals surface area contributed by atoms with Crippen LogP contribution in [0.1, 0.15) is 21.5 Å². The molecule has 0 spiro atoms. The van der Waals surface area contributed by atoms with Crippen molar-refractivity contribution in [1.29, 1.82) is 0 Å². The summed E-state index contributed by atoms with van der Waals surface area (Å²) in [5, 5.41) is 11.6. The number of aromatic carboxylic acids is 1. The molecular weight excluding hydrogens is 282 g/mol. The second-order valence-corrected chi connectivity index (χ2v) is 4.81. The van der Waals surface area contributed by atoms with Gasteiger partial charge in [0.05, 0.1) is 19.1 Å². The molecule has 5 heteroatoms. The van der Waals surface area contributed by atoms with Crippen molar-refractivity contribution < 1.29 is 19.4 Å². The molecule has 5 nitrogen and oxygen atoms in total. The first-order valence-electron chi connectivity index (χ1n) is 6.80. The van der Waals surface area contributed by atoms with Crippen LogP contribution in [0.4, 0.5) is 0 Å². The highest BCUT2D eigenvalue weighted by Crippen LogP contribution is 2.13. The Morgan fingerprint density at radius 1 is 1.09 bits per heavy atom. The van der Waals surface area contributed by atoms with Crippen LogP contribution in [0.25, 0.3) is 0 Å². The fourth-order valence-corrected chi connectivity index (χ4v) is 2.00. The van der Waals surface area contributed by atoms with Crippen LogP contribution < -0.4 is 10.1 Å². The zero-order chi connectivity index (χ0) is 15.9. The van der Waals surface area contributed by atoms with Crippen LogP contribution in [0.2, 0.25) is 0 Å². The van der Waals surface area contributed by atoms with Gasteiger partial charge in [0.1, 0.15) is 5.75 Å². The highest BCUT2D eigenvalue weighted by molar-refractivity contribution is 5.87. The third-order valence-corrected chi connectivity index (χ3v) is 3.19. The summed E-state index contributed by atoms with van der Waals surface area (Å²) in [6, 6.07) is 13.8. The van der Waals surface area contributed by atoms with Gasteiger partial charge in [-0.25, -0.2) is 4.79 Å². The summed E-state index contributed by atoms with van der Waals surface area (Å²) in [7, 11) is 1.58. The third kappa shape index (κ3) is 4.34. The molecule has 1 amide bonds. The first-order valence-corrected chi connectivity index (χ1v) is 6.80. The summed E-state index contributed by atoms with van der Waals surface area (Å²) in [6.45, 7) is 0.364. The number of rotatable bonds is 6. The van der Waals surface area contributed by atoms with Gasteiger partial charge in [-0.3, -0.25) is 4.79 Å². The second kappa shape index (κ2) is 7.26. The Kier molecular flexibility index (Phi) is 5.14. The van der Waals surface area contributed by atoms with Crippen molar-refractivity contribution in [2.75, 3.05) is 7.11 Å². The van der Waals surface area contributed by atoms with Crippen LogP contribution >= 0.6 is 0 Å². The molecule has 2 aromatic rings. The van der Waals surface area contributed by atoms with Gasteiger partial charge in [-0.15, -0.1) is 0 Å². The molecule has 0 aliphatic heterocycles. The molecule has 0 atom stereocenters. The standard InChI is InChI=1S/C17H17NO4/c1-22-15-4-2-3-13(9-15)10-16(19)18-11-12-5-7-14(8-6-12)17(20)21/h2-9H,10-11H2,1H3,(H,18,19)(H,20,21). The Morgan fingerprint density at radius 3 is 2.45 bits per heavy atom. The number of carbonyl (C=O) groups is 2. The van der Waals surface area contributed by atoms with E-state index in [1.165, 1.54) is 12.1 Å². The zero-order valence-corrected chi connectivity index (χ0v) is 12.2. The molecule has 2 N–H and O–H groups in total. The van der Waals surface area contributed by atoms with E-state index >= 15 is 0 Å². The molecule has 0 aliphatic rings. The number of carboxylic acid groups (broad SMARTS) is 1. The predicted octanol–water partition coefficient (Wildman–Crippen LogP) is 2.25. The number of carboxylic acids is 1. The third-order valence-electron chi connectivity index (χ3n) is 3.19. The summed E-state index contributed by atoms with van der Waals surface area (Å²) in [6.07, 6.45) is 0.268. The summed E-state index contributed by atoms with van der Waals surface area (Å²) in [5.74, 6) is -0.348. The lowest BCUT2D eigenvalue weighted by molar-refractivity contribution is -0.120. The average Bonchev–Trinajstić information content (AvgIpc) is 2.53. The van der Waals surface area contributed by atoms with Crippen molar-refractivity contribution >= 4 is 11.9 Å². The van der Waals surface area contributed by atoms with Crippen molar-refractivity contribution in [3.8, 4) is 5.75 Å². The van der Waals surface area contributed by atoms with E-state index in [1.807, 2.05) is 24.3 Å². The number of ether oxygens (including phenoxy) is 1. The molecule has 0 saturated heterocycles.